The molecule has 0 radical (unpaired) electrons. The average Bonchev–Trinajstić information content (AvgIpc) is 2.96. The Morgan fingerprint density at radius 1 is 1.81 bits per heavy atom. The van der Waals surface area contributed by atoms with Crippen molar-refractivity contribution in [2.45, 2.75) is 18.9 Å². The second kappa shape index (κ2) is 4.34. The van der Waals surface area contributed by atoms with Crippen LogP contribution in [0.2, 0.25) is 0 Å². The zero-order valence-electron chi connectivity index (χ0n) is 9.00. The van der Waals surface area contributed by atoms with Crippen LogP contribution in [-0.2, 0) is 0 Å². The van der Waals surface area contributed by atoms with Crippen LogP contribution in [0.4, 0.5) is 10.1 Å². The number of hydrogen-bond acceptors (Lipinski definition) is 6. The molecule has 1 aliphatic carbocycles. The molecular weight excluding hydrogens is 228 g/mol. The summed E-state index contributed by atoms with van der Waals surface area (Å²) in [4.78, 5) is 16.2. The Balaban J connectivity index is 2.12. The minimum atomic E-state index is -0.413. The van der Waals surface area contributed by atoms with Gasteiger partial charge in [-0.3, -0.25) is 10.1 Å². The second-order valence-electron chi connectivity index (χ2n) is 3.99. The van der Waals surface area contributed by atoms with Crippen molar-refractivity contribution >= 4 is 21.5 Å². The first-order chi connectivity index (χ1) is 7.63. The number of nitro groups is 1. The molecule has 0 bridgehead atoms. The van der Waals surface area contributed by atoms with Gasteiger partial charge in [0.1, 0.15) is 6.20 Å². The van der Waals surface area contributed by atoms with E-state index in [1.165, 1.54) is 19.0 Å². The molecule has 16 heavy (non-hydrogen) atoms. The van der Waals surface area contributed by atoms with E-state index in [1.807, 2.05) is 11.9 Å². The Morgan fingerprint density at radius 3 is 2.94 bits per heavy atom. The fourth-order valence-corrected chi connectivity index (χ4v) is 2.55. The third-order valence-electron chi connectivity index (χ3n) is 2.87. The van der Waals surface area contributed by atoms with Gasteiger partial charge in [-0.1, -0.05) is 0 Å². The lowest BCUT2D eigenvalue weighted by Crippen LogP contribution is -2.39. The van der Waals surface area contributed by atoms with Crippen LogP contribution in [0.1, 0.15) is 12.8 Å². The Hall–Kier alpha value is -1.21. The molecule has 0 saturated heterocycles. The van der Waals surface area contributed by atoms with Crippen molar-refractivity contribution in [2.24, 2.45) is 11.7 Å². The first kappa shape index (κ1) is 11.3. The highest BCUT2D eigenvalue weighted by molar-refractivity contribution is 7.18. The maximum Gasteiger partial charge on any atom is 0.345 e. The SMILES string of the molecule is CN(c1ncc([N+](=O)[O-])s1)C(CN)C1CC1. The van der Waals surface area contributed by atoms with Crippen LogP contribution in [0, 0.1) is 16.0 Å². The van der Waals surface area contributed by atoms with E-state index in [0.29, 0.717) is 17.6 Å². The third-order valence-corrected chi connectivity index (χ3v) is 3.91. The molecule has 88 valence electrons. The first-order valence-corrected chi connectivity index (χ1v) is 5.98. The predicted molar refractivity (Wildman–Crippen MR) is 62.7 cm³/mol. The molecule has 0 amide bonds. The normalized spacial score (nSPS) is 17.1. The summed E-state index contributed by atoms with van der Waals surface area (Å²) in [5.41, 5.74) is 5.72. The van der Waals surface area contributed by atoms with Gasteiger partial charge < -0.3 is 10.6 Å². The molecule has 0 aliphatic heterocycles. The number of rotatable bonds is 5. The minimum Gasteiger partial charge on any atom is -0.346 e. The zero-order valence-corrected chi connectivity index (χ0v) is 9.81. The lowest BCUT2D eigenvalue weighted by molar-refractivity contribution is -0.380. The summed E-state index contributed by atoms with van der Waals surface area (Å²) >= 11 is 1.10. The van der Waals surface area contributed by atoms with E-state index in [0.717, 1.165) is 11.3 Å². The van der Waals surface area contributed by atoms with Crippen molar-refractivity contribution in [1.82, 2.24) is 4.98 Å². The molecule has 1 aromatic heterocycles. The summed E-state index contributed by atoms with van der Waals surface area (Å²) in [6.07, 6.45) is 3.69. The van der Waals surface area contributed by atoms with E-state index in [-0.39, 0.29) is 11.0 Å². The minimum absolute atomic E-state index is 0.0772. The van der Waals surface area contributed by atoms with Crippen LogP contribution in [0.5, 0.6) is 0 Å². The maximum atomic E-state index is 10.6. The molecule has 2 N–H and O–H groups in total. The Morgan fingerprint density at radius 2 is 2.50 bits per heavy atom. The number of hydrogen-bond donors (Lipinski definition) is 1. The van der Waals surface area contributed by atoms with E-state index < -0.39 is 4.92 Å². The summed E-state index contributed by atoms with van der Waals surface area (Å²) in [5, 5.41) is 11.3. The second-order valence-corrected chi connectivity index (χ2v) is 4.98. The highest BCUT2D eigenvalue weighted by Crippen LogP contribution is 2.37. The van der Waals surface area contributed by atoms with Gasteiger partial charge in [0.25, 0.3) is 0 Å². The monoisotopic (exact) mass is 242 g/mol. The molecule has 1 heterocycles. The summed E-state index contributed by atoms with van der Waals surface area (Å²) < 4.78 is 0. The predicted octanol–water partition coefficient (Wildman–Crippen LogP) is 1.22. The lowest BCUT2D eigenvalue weighted by atomic mass is 10.2. The van der Waals surface area contributed by atoms with E-state index in [9.17, 15) is 10.1 Å². The van der Waals surface area contributed by atoms with Gasteiger partial charge in [-0.25, -0.2) is 4.98 Å². The first-order valence-electron chi connectivity index (χ1n) is 5.16. The number of thiazole rings is 1. The van der Waals surface area contributed by atoms with Crippen molar-refractivity contribution in [2.75, 3.05) is 18.5 Å². The van der Waals surface area contributed by atoms with Crippen LogP contribution < -0.4 is 10.6 Å². The lowest BCUT2D eigenvalue weighted by Gasteiger charge is -2.26. The molecule has 1 aliphatic rings. The van der Waals surface area contributed by atoms with Crippen molar-refractivity contribution in [3.8, 4) is 0 Å². The van der Waals surface area contributed by atoms with Crippen LogP contribution >= 0.6 is 11.3 Å². The summed E-state index contributed by atoms with van der Waals surface area (Å²) in [6.45, 7) is 0.564. The van der Waals surface area contributed by atoms with E-state index in [1.54, 1.807) is 0 Å². The van der Waals surface area contributed by atoms with E-state index in [2.05, 4.69) is 4.98 Å². The Labute approximate surface area is 97.2 Å². The molecule has 7 heteroatoms. The fraction of sp³-hybridized carbons (Fsp3) is 0.667. The van der Waals surface area contributed by atoms with Crippen LogP contribution in [-0.4, -0.2) is 29.5 Å². The topological polar surface area (TPSA) is 85.3 Å². The number of nitrogens with zero attached hydrogens (tertiary/aromatic N) is 3. The number of aromatic nitrogens is 1. The largest absolute Gasteiger partial charge is 0.346 e. The highest BCUT2D eigenvalue weighted by Gasteiger charge is 2.34. The smallest absolute Gasteiger partial charge is 0.345 e. The van der Waals surface area contributed by atoms with Crippen molar-refractivity contribution in [1.29, 1.82) is 0 Å². The molecule has 0 aromatic carbocycles. The van der Waals surface area contributed by atoms with Gasteiger partial charge in [0.2, 0.25) is 0 Å². The molecule has 2 rings (SSSR count). The fourth-order valence-electron chi connectivity index (χ4n) is 1.79. The molecule has 1 aromatic rings. The number of likely N-dealkylation sites (N-methyl/N-ethyl adjacent to an activating group) is 1. The number of anilines is 1. The molecule has 1 atom stereocenters. The summed E-state index contributed by atoms with van der Waals surface area (Å²) in [7, 11) is 1.90. The van der Waals surface area contributed by atoms with Gasteiger partial charge in [0, 0.05) is 19.6 Å². The van der Waals surface area contributed by atoms with Crippen LogP contribution in [0.3, 0.4) is 0 Å². The summed E-state index contributed by atoms with van der Waals surface area (Å²) in [6, 6.07) is 0.255. The number of nitrogens with two attached hydrogens (primary N) is 1. The standard InChI is InChI=1S/C9H14N4O2S/c1-12(7(4-10)6-2-3-6)9-11-5-8(16-9)13(14)15/h5-7H,2-4,10H2,1H3. The molecule has 0 spiro atoms. The van der Waals surface area contributed by atoms with Gasteiger partial charge in [-0.05, 0) is 30.1 Å². The molecule has 1 fully saturated rings. The van der Waals surface area contributed by atoms with Gasteiger partial charge in [0.15, 0.2) is 5.13 Å². The Bertz CT molecular complexity index is 391. The van der Waals surface area contributed by atoms with Gasteiger partial charge >= 0.3 is 5.00 Å². The zero-order chi connectivity index (χ0) is 11.7. The Kier molecular flexibility index (Phi) is 3.06. The molecular formula is C9H14N4O2S. The maximum absolute atomic E-state index is 10.6. The summed E-state index contributed by atoms with van der Waals surface area (Å²) in [5.74, 6) is 0.623. The van der Waals surface area contributed by atoms with E-state index in [4.69, 9.17) is 5.73 Å². The van der Waals surface area contributed by atoms with Crippen LogP contribution in [0.15, 0.2) is 6.20 Å². The highest BCUT2D eigenvalue weighted by atomic mass is 32.1. The van der Waals surface area contributed by atoms with Crippen molar-refractivity contribution < 1.29 is 4.92 Å². The molecule has 6 nitrogen and oxygen atoms in total. The third kappa shape index (κ3) is 2.14. The van der Waals surface area contributed by atoms with Crippen LogP contribution in [0.25, 0.3) is 0 Å². The van der Waals surface area contributed by atoms with Gasteiger partial charge in [-0.2, -0.15) is 0 Å². The van der Waals surface area contributed by atoms with Gasteiger partial charge in [0.05, 0.1) is 4.92 Å². The van der Waals surface area contributed by atoms with Crippen molar-refractivity contribution in [3.05, 3.63) is 16.3 Å². The van der Waals surface area contributed by atoms with E-state index >= 15 is 0 Å². The van der Waals surface area contributed by atoms with Crippen molar-refractivity contribution in [3.63, 3.8) is 0 Å². The molecule has 1 unspecified atom stereocenters. The average molecular weight is 242 g/mol. The van der Waals surface area contributed by atoms with Gasteiger partial charge in [-0.15, -0.1) is 0 Å². The molecule has 1 saturated carbocycles. The quantitative estimate of drug-likeness (QED) is 0.620.